The molecule has 1 aliphatic carbocycles. The highest BCUT2D eigenvalue weighted by Crippen LogP contribution is 2.47. The van der Waals surface area contributed by atoms with Crippen molar-refractivity contribution in [1.82, 2.24) is 4.98 Å². The molecule has 0 radical (unpaired) electrons. The number of rotatable bonds is 8. The summed E-state index contributed by atoms with van der Waals surface area (Å²) < 4.78 is 38.8. The van der Waals surface area contributed by atoms with Gasteiger partial charge in [0.1, 0.15) is 22.7 Å². The van der Waals surface area contributed by atoms with Crippen LogP contribution in [0, 0.1) is 11.2 Å². The first kappa shape index (κ1) is 30.4. The van der Waals surface area contributed by atoms with E-state index in [1.165, 1.54) is 24.3 Å². The summed E-state index contributed by atoms with van der Waals surface area (Å²) in [5.41, 5.74) is 0.517. The van der Waals surface area contributed by atoms with E-state index in [0.717, 1.165) is 5.39 Å². The van der Waals surface area contributed by atoms with Crippen molar-refractivity contribution in [2.75, 3.05) is 24.9 Å². The van der Waals surface area contributed by atoms with E-state index < -0.39 is 25.0 Å². The number of phosphoric acid groups is 1. The lowest BCUT2D eigenvalue weighted by Gasteiger charge is -2.16. The lowest BCUT2D eigenvalue weighted by molar-refractivity contribution is -0.131. The predicted octanol–water partition coefficient (Wildman–Crippen LogP) is 4.61. The van der Waals surface area contributed by atoms with Crippen molar-refractivity contribution in [3.8, 4) is 23.0 Å². The quantitative estimate of drug-likeness (QED) is 0.142. The lowest BCUT2D eigenvalue weighted by Crippen LogP contribution is -2.35. The molecule has 1 saturated carbocycles. The van der Waals surface area contributed by atoms with Gasteiger partial charge < -0.3 is 39.5 Å². The molecular formula is C28H27FN3O9P. The Labute approximate surface area is 239 Å². The summed E-state index contributed by atoms with van der Waals surface area (Å²) in [5.74, 6) is 1.06. The fraction of sp³-hybridized carbons (Fsp3) is 0.179. The normalized spacial score (nSPS) is 13.3. The largest absolute Gasteiger partial charge is 0.493 e. The molecular weight excluding hydrogens is 572 g/mol. The number of pyridine rings is 1. The number of nitrogens with zero attached hydrogens (tertiary/aromatic N) is 1. The number of aromatic nitrogens is 1. The second kappa shape index (κ2) is 12.5. The Morgan fingerprint density at radius 3 is 1.83 bits per heavy atom. The molecule has 0 atom stereocenters. The van der Waals surface area contributed by atoms with Crippen LogP contribution in [0.2, 0.25) is 0 Å². The number of carbonyl (C=O) groups is 2. The van der Waals surface area contributed by atoms with Crippen LogP contribution in [0.3, 0.4) is 0 Å². The lowest BCUT2D eigenvalue weighted by atomic mass is 10.0. The number of nitrogens with one attached hydrogen (secondary N) is 2. The smallest absolute Gasteiger partial charge is 0.466 e. The van der Waals surface area contributed by atoms with Crippen molar-refractivity contribution in [2.24, 2.45) is 5.41 Å². The van der Waals surface area contributed by atoms with Gasteiger partial charge in [-0.1, -0.05) is 0 Å². The number of carbonyl (C=O) groups excluding carboxylic acids is 2. The minimum Gasteiger partial charge on any atom is -0.493 e. The molecule has 1 fully saturated rings. The topological polar surface area (TPSA) is 177 Å². The summed E-state index contributed by atoms with van der Waals surface area (Å²) in [6, 6.07) is 17.6. The highest BCUT2D eigenvalue weighted by Gasteiger charge is 2.56. The molecule has 5 rings (SSSR count). The van der Waals surface area contributed by atoms with Crippen molar-refractivity contribution in [3.05, 3.63) is 78.7 Å². The zero-order chi connectivity index (χ0) is 30.5. The van der Waals surface area contributed by atoms with Gasteiger partial charge in [0.25, 0.3) is 0 Å². The van der Waals surface area contributed by atoms with Crippen LogP contribution in [0.15, 0.2) is 72.9 Å². The SMILES string of the molecule is COc1cc2nccc(Oc3ccc(NC(=O)C4(C(=O)Nc5ccc(F)cc5)CC4)cc3)c2cc1OC.O=P(O)(O)O. The molecule has 0 unspecified atom stereocenters. The van der Waals surface area contributed by atoms with Gasteiger partial charge in [-0.15, -0.1) is 0 Å². The fourth-order valence-electron chi connectivity index (χ4n) is 3.99. The summed E-state index contributed by atoms with van der Waals surface area (Å²) in [4.78, 5) is 51.6. The second-order valence-electron chi connectivity index (χ2n) is 9.17. The predicted molar refractivity (Wildman–Crippen MR) is 151 cm³/mol. The van der Waals surface area contributed by atoms with Gasteiger partial charge in [0.15, 0.2) is 11.5 Å². The molecule has 42 heavy (non-hydrogen) atoms. The van der Waals surface area contributed by atoms with E-state index in [0.29, 0.717) is 52.7 Å². The number of halogens is 1. The van der Waals surface area contributed by atoms with Crippen LogP contribution in [-0.2, 0) is 14.2 Å². The van der Waals surface area contributed by atoms with Gasteiger partial charge in [0, 0.05) is 29.0 Å². The molecule has 5 N–H and O–H groups in total. The van der Waals surface area contributed by atoms with Gasteiger partial charge in [-0.2, -0.15) is 0 Å². The maximum Gasteiger partial charge on any atom is 0.466 e. The summed E-state index contributed by atoms with van der Waals surface area (Å²) >= 11 is 0. The van der Waals surface area contributed by atoms with Crippen LogP contribution >= 0.6 is 7.82 Å². The Kier molecular flexibility index (Phi) is 9.08. The molecule has 1 aromatic heterocycles. The van der Waals surface area contributed by atoms with Crippen LogP contribution in [-0.4, -0.2) is 45.7 Å². The van der Waals surface area contributed by atoms with Crippen molar-refractivity contribution in [3.63, 3.8) is 0 Å². The number of benzene rings is 3. The Balaban J connectivity index is 0.000000748. The highest BCUT2D eigenvalue weighted by atomic mass is 31.2. The molecule has 0 spiro atoms. The molecule has 4 aromatic rings. The Hall–Kier alpha value is -4.55. The highest BCUT2D eigenvalue weighted by molar-refractivity contribution is 7.45. The van der Waals surface area contributed by atoms with Crippen LogP contribution in [0.4, 0.5) is 15.8 Å². The van der Waals surface area contributed by atoms with E-state index in [2.05, 4.69) is 15.6 Å². The van der Waals surface area contributed by atoms with Crippen LogP contribution < -0.4 is 24.8 Å². The number of amides is 2. The first-order valence-corrected chi connectivity index (χ1v) is 13.9. The van der Waals surface area contributed by atoms with E-state index in [9.17, 15) is 14.0 Å². The van der Waals surface area contributed by atoms with Crippen molar-refractivity contribution >= 4 is 41.9 Å². The number of fused-ring (bicyclic) bond motifs is 1. The van der Waals surface area contributed by atoms with Gasteiger partial charge in [-0.25, -0.2) is 8.96 Å². The fourth-order valence-corrected chi connectivity index (χ4v) is 3.99. The standard InChI is InChI=1S/C28H24FN3O5.H3O4P/c1-35-24-15-21-22(16-25(24)36-2)30-14-11-23(21)37-20-9-7-19(8-10-20)32-27(34)28(12-13-28)26(33)31-18-5-3-17(29)4-6-18;1-5(2,3)4/h3-11,14-16H,12-13H2,1-2H3,(H,31,33)(H,32,34);(H3,1,2,3,4). The third-order valence-electron chi connectivity index (χ3n) is 6.27. The molecule has 1 heterocycles. The van der Waals surface area contributed by atoms with Crippen molar-refractivity contribution in [2.45, 2.75) is 12.8 Å². The summed E-state index contributed by atoms with van der Waals surface area (Å²) in [7, 11) is -1.51. The van der Waals surface area contributed by atoms with E-state index in [1.807, 2.05) is 0 Å². The molecule has 14 heteroatoms. The van der Waals surface area contributed by atoms with Crippen molar-refractivity contribution in [1.29, 1.82) is 0 Å². The third-order valence-corrected chi connectivity index (χ3v) is 6.27. The van der Waals surface area contributed by atoms with Gasteiger partial charge in [0.2, 0.25) is 11.8 Å². The maximum atomic E-state index is 13.1. The number of methoxy groups -OCH3 is 2. The summed E-state index contributed by atoms with van der Waals surface area (Å²) in [6.07, 6.45) is 2.52. The Morgan fingerprint density at radius 2 is 1.33 bits per heavy atom. The molecule has 3 aromatic carbocycles. The molecule has 0 bridgehead atoms. The average molecular weight is 600 g/mol. The summed E-state index contributed by atoms with van der Waals surface area (Å²) in [6.45, 7) is 0. The average Bonchev–Trinajstić information content (AvgIpc) is 3.76. The number of hydrogen-bond donors (Lipinski definition) is 5. The van der Waals surface area contributed by atoms with Gasteiger partial charge in [-0.05, 0) is 73.5 Å². The van der Waals surface area contributed by atoms with E-state index in [1.54, 1.807) is 62.9 Å². The third kappa shape index (κ3) is 7.59. The van der Waals surface area contributed by atoms with E-state index in [4.69, 9.17) is 33.5 Å². The molecule has 220 valence electrons. The second-order valence-corrected chi connectivity index (χ2v) is 10.2. The van der Waals surface area contributed by atoms with Gasteiger partial charge >= 0.3 is 7.82 Å². The summed E-state index contributed by atoms with van der Waals surface area (Å²) in [5, 5.41) is 6.26. The molecule has 0 saturated heterocycles. The van der Waals surface area contributed by atoms with Gasteiger partial charge in [0.05, 0.1) is 19.7 Å². The molecule has 1 aliphatic rings. The maximum absolute atomic E-state index is 13.1. The monoisotopic (exact) mass is 599 g/mol. The Bertz CT molecular complexity index is 1630. The minimum atomic E-state index is -4.64. The van der Waals surface area contributed by atoms with Crippen LogP contribution in [0.5, 0.6) is 23.0 Å². The first-order chi connectivity index (χ1) is 19.9. The molecule has 2 amide bonds. The zero-order valence-corrected chi connectivity index (χ0v) is 23.3. The number of hydrogen-bond acceptors (Lipinski definition) is 7. The van der Waals surface area contributed by atoms with Crippen LogP contribution in [0.25, 0.3) is 10.9 Å². The first-order valence-electron chi connectivity index (χ1n) is 12.4. The van der Waals surface area contributed by atoms with Crippen LogP contribution in [0.1, 0.15) is 12.8 Å². The van der Waals surface area contributed by atoms with Gasteiger partial charge in [-0.3, -0.25) is 14.6 Å². The van der Waals surface area contributed by atoms with E-state index >= 15 is 0 Å². The number of ether oxygens (including phenoxy) is 3. The molecule has 12 nitrogen and oxygen atoms in total. The van der Waals surface area contributed by atoms with E-state index in [-0.39, 0.29) is 5.91 Å². The Morgan fingerprint density at radius 1 is 0.833 bits per heavy atom. The molecule has 0 aliphatic heterocycles. The van der Waals surface area contributed by atoms with Crippen molar-refractivity contribution < 1.29 is 47.4 Å². The number of anilines is 2. The zero-order valence-electron chi connectivity index (χ0n) is 22.4. The minimum absolute atomic E-state index is 0.387.